The fourth-order valence-corrected chi connectivity index (χ4v) is 2.08. The summed E-state index contributed by atoms with van der Waals surface area (Å²) in [6.45, 7) is 1.93. The van der Waals surface area contributed by atoms with Gasteiger partial charge in [0.1, 0.15) is 5.69 Å². The third kappa shape index (κ3) is 2.43. The molecule has 94 valence electrons. The van der Waals surface area contributed by atoms with E-state index in [-0.39, 0.29) is 17.3 Å². The highest BCUT2D eigenvalue weighted by atomic mass is 79.9. The van der Waals surface area contributed by atoms with Crippen LogP contribution < -0.4 is 5.56 Å². The van der Waals surface area contributed by atoms with Gasteiger partial charge < -0.3 is 10.1 Å². The number of aromatic nitrogens is 3. The van der Waals surface area contributed by atoms with Gasteiger partial charge in [-0.3, -0.25) is 9.78 Å². The average molecular weight is 310 g/mol. The van der Waals surface area contributed by atoms with Crippen molar-refractivity contribution in [2.75, 3.05) is 0 Å². The fourth-order valence-electron chi connectivity index (χ4n) is 1.63. The number of nitrogens with zero attached hydrogens (tertiary/aromatic N) is 2. The first-order valence-electron chi connectivity index (χ1n) is 5.56. The monoisotopic (exact) mass is 309 g/mol. The van der Waals surface area contributed by atoms with E-state index in [0.717, 1.165) is 6.42 Å². The van der Waals surface area contributed by atoms with E-state index in [1.165, 1.54) is 0 Å². The van der Waals surface area contributed by atoms with E-state index in [0.29, 0.717) is 22.2 Å². The van der Waals surface area contributed by atoms with Crippen molar-refractivity contribution in [1.29, 1.82) is 0 Å². The van der Waals surface area contributed by atoms with Crippen molar-refractivity contribution >= 4 is 15.9 Å². The lowest BCUT2D eigenvalue weighted by atomic mass is 10.2. The van der Waals surface area contributed by atoms with E-state index in [1.807, 2.05) is 6.92 Å². The molecule has 0 saturated heterocycles. The Kier molecular flexibility index (Phi) is 3.76. The number of aromatic amines is 1. The number of hydrogen-bond donors (Lipinski definition) is 2. The molecule has 6 heteroatoms. The first kappa shape index (κ1) is 12.8. The molecule has 0 spiro atoms. The third-order valence-electron chi connectivity index (χ3n) is 2.48. The fraction of sp³-hybridized carbons (Fsp3) is 0.250. The van der Waals surface area contributed by atoms with E-state index >= 15 is 0 Å². The molecule has 18 heavy (non-hydrogen) atoms. The van der Waals surface area contributed by atoms with Gasteiger partial charge >= 0.3 is 0 Å². The van der Waals surface area contributed by atoms with Crippen LogP contribution in [0.3, 0.4) is 0 Å². The molecule has 2 rings (SSSR count). The second-order valence-corrected chi connectivity index (χ2v) is 4.65. The van der Waals surface area contributed by atoms with Crippen molar-refractivity contribution in [1.82, 2.24) is 15.0 Å². The Labute approximate surface area is 112 Å². The normalized spacial score (nSPS) is 10.6. The lowest BCUT2D eigenvalue weighted by Gasteiger charge is -2.05. The summed E-state index contributed by atoms with van der Waals surface area (Å²) in [5.74, 6) is 0.0259. The van der Waals surface area contributed by atoms with E-state index < -0.39 is 0 Å². The molecule has 0 aliphatic carbocycles. The molecule has 5 nitrogen and oxygen atoms in total. The van der Waals surface area contributed by atoms with Gasteiger partial charge in [0.05, 0.1) is 5.56 Å². The molecule has 0 unspecified atom stereocenters. The van der Waals surface area contributed by atoms with Crippen LogP contribution in [-0.2, 0) is 6.42 Å². The zero-order valence-electron chi connectivity index (χ0n) is 9.77. The van der Waals surface area contributed by atoms with E-state index in [4.69, 9.17) is 0 Å². The van der Waals surface area contributed by atoms with E-state index in [1.54, 1.807) is 18.3 Å². The first-order chi connectivity index (χ1) is 8.63. The van der Waals surface area contributed by atoms with Gasteiger partial charge in [0.15, 0.2) is 5.82 Å². The topological polar surface area (TPSA) is 78.9 Å². The number of H-pyrrole nitrogens is 1. The quantitative estimate of drug-likeness (QED) is 0.911. The van der Waals surface area contributed by atoms with Gasteiger partial charge in [0, 0.05) is 10.7 Å². The molecule has 2 heterocycles. The molecule has 0 atom stereocenters. The molecule has 0 aliphatic rings. The van der Waals surface area contributed by atoms with Crippen molar-refractivity contribution in [2.24, 2.45) is 0 Å². The number of hydrogen-bond acceptors (Lipinski definition) is 4. The standard InChI is InChI=1S/C12H12BrN3O2/c1-2-4-7-11(17)15-10(16-12(7)18)9-8(13)5-3-6-14-9/h3,5-6H,2,4H2,1H3,(H2,15,16,17,18). The number of rotatable bonds is 3. The van der Waals surface area contributed by atoms with Gasteiger partial charge in [-0.05, 0) is 34.5 Å². The van der Waals surface area contributed by atoms with Crippen LogP contribution in [0.4, 0.5) is 0 Å². The van der Waals surface area contributed by atoms with Crippen LogP contribution in [0, 0.1) is 0 Å². The molecule has 0 radical (unpaired) electrons. The van der Waals surface area contributed by atoms with Crippen molar-refractivity contribution in [3.05, 3.63) is 38.7 Å². The Balaban J connectivity index is 2.55. The Bertz CT molecular complexity index is 625. The van der Waals surface area contributed by atoms with E-state index in [2.05, 4.69) is 30.9 Å². The maximum atomic E-state index is 11.8. The maximum absolute atomic E-state index is 11.8. The summed E-state index contributed by atoms with van der Waals surface area (Å²) in [7, 11) is 0. The summed E-state index contributed by atoms with van der Waals surface area (Å²) >= 11 is 3.33. The lowest BCUT2D eigenvalue weighted by molar-refractivity contribution is 0.443. The highest BCUT2D eigenvalue weighted by Gasteiger charge is 2.13. The predicted molar refractivity (Wildman–Crippen MR) is 71.4 cm³/mol. The summed E-state index contributed by atoms with van der Waals surface area (Å²) in [5, 5.41) is 9.78. The zero-order chi connectivity index (χ0) is 13.1. The Hall–Kier alpha value is -1.69. The third-order valence-corrected chi connectivity index (χ3v) is 3.12. The number of pyridine rings is 1. The van der Waals surface area contributed by atoms with Gasteiger partial charge in [-0.15, -0.1) is 0 Å². The van der Waals surface area contributed by atoms with Crippen molar-refractivity contribution < 1.29 is 5.11 Å². The van der Waals surface area contributed by atoms with Crippen LogP contribution in [0.25, 0.3) is 11.5 Å². The minimum Gasteiger partial charge on any atom is -0.493 e. The Morgan fingerprint density at radius 2 is 2.28 bits per heavy atom. The van der Waals surface area contributed by atoms with Crippen molar-refractivity contribution in [3.63, 3.8) is 0 Å². The summed E-state index contributed by atoms with van der Waals surface area (Å²) < 4.78 is 0.704. The highest BCUT2D eigenvalue weighted by molar-refractivity contribution is 9.10. The van der Waals surface area contributed by atoms with Gasteiger partial charge in [-0.25, -0.2) is 0 Å². The van der Waals surface area contributed by atoms with Crippen LogP contribution in [0.1, 0.15) is 18.9 Å². The number of halogens is 1. The maximum Gasteiger partial charge on any atom is 0.258 e. The Morgan fingerprint density at radius 1 is 1.50 bits per heavy atom. The molecular weight excluding hydrogens is 298 g/mol. The summed E-state index contributed by atoms with van der Waals surface area (Å²) in [6.07, 6.45) is 2.86. The minimum atomic E-state index is -0.322. The van der Waals surface area contributed by atoms with Gasteiger partial charge in [0.25, 0.3) is 5.56 Å². The molecule has 2 N–H and O–H groups in total. The van der Waals surface area contributed by atoms with Gasteiger partial charge in [-0.2, -0.15) is 4.98 Å². The molecule has 0 saturated carbocycles. The molecule has 0 aromatic carbocycles. The van der Waals surface area contributed by atoms with Crippen LogP contribution in [0.5, 0.6) is 5.88 Å². The molecule has 0 bridgehead atoms. The molecule has 2 aromatic rings. The first-order valence-corrected chi connectivity index (χ1v) is 6.35. The van der Waals surface area contributed by atoms with Crippen LogP contribution >= 0.6 is 15.9 Å². The zero-order valence-corrected chi connectivity index (χ0v) is 11.4. The molecule has 2 aromatic heterocycles. The largest absolute Gasteiger partial charge is 0.493 e. The summed E-state index contributed by atoms with van der Waals surface area (Å²) in [4.78, 5) is 22.6. The SMILES string of the molecule is CCCc1c(O)nc(-c2ncccc2Br)[nH]c1=O. The highest BCUT2D eigenvalue weighted by Crippen LogP contribution is 2.23. The number of nitrogens with one attached hydrogen (secondary N) is 1. The second-order valence-electron chi connectivity index (χ2n) is 3.80. The average Bonchev–Trinajstić information content (AvgIpc) is 2.34. The van der Waals surface area contributed by atoms with Gasteiger partial charge in [-0.1, -0.05) is 13.3 Å². The van der Waals surface area contributed by atoms with E-state index in [9.17, 15) is 9.90 Å². The van der Waals surface area contributed by atoms with Crippen molar-refractivity contribution in [2.45, 2.75) is 19.8 Å². The molecular formula is C12H12BrN3O2. The smallest absolute Gasteiger partial charge is 0.258 e. The number of aromatic hydroxyl groups is 1. The van der Waals surface area contributed by atoms with Crippen molar-refractivity contribution in [3.8, 4) is 17.4 Å². The summed E-state index contributed by atoms with van der Waals surface area (Å²) in [6, 6.07) is 3.55. The summed E-state index contributed by atoms with van der Waals surface area (Å²) in [5.41, 5.74) is 0.484. The molecule has 0 fully saturated rings. The second kappa shape index (κ2) is 5.30. The van der Waals surface area contributed by atoms with Crippen LogP contribution in [0.15, 0.2) is 27.6 Å². The molecule has 0 amide bonds. The van der Waals surface area contributed by atoms with Crippen LogP contribution in [-0.4, -0.2) is 20.1 Å². The molecule has 0 aliphatic heterocycles. The minimum absolute atomic E-state index is 0.229. The van der Waals surface area contributed by atoms with Crippen LogP contribution in [0.2, 0.25) is 0 Å². The van der Waals surface area contributed by atoms with Gasteiger partial charge in [0.2, 0.25) is 5.88 Å². The lowest BCUT2D eigenvalue weighted by Crippen LogP contribution is -2.15. The predicted octanol–water partition coefficient (Wildman–Crippen LogP) is 2.25. The Morgan fingerprint density at radius 3 is 2.89 bits per heavy atom.